The Morgan fingerprint density at radius 1 is 1.22 bits per heavy atom. The van der Waals surface area contributed by atoms with E-state index in [0.29, 0.717) is 24.3 Å². The molecule has 3 aromatic rings. The van der Waals surface area contributed by atoms with Gasteiger partial charge in [0.05, 0.1) is 31.7 Å². The minimum absolute atomic E-state index is 0.245. The summed E-state index contributed by atoms with van der Waals surface area (Å²) >= 11 is 1.49. The van der Waals surface area contributed by atoms with Crippen LogP contribution in [0.2, 0.25) is 0 Å². The highest BCUT2D eigenvalue weighted by Crippen LogP contribution is 2.32. The number of morpholine rings is 1. The Kier molecular flexibility index (Phi) is 8.74. The molecule has 10 heteroatoms. The number of hydrogen-bond donors (Lipinski definition) is 2. The van der Waals surface area contributed by atoms with Crippen LogP contribution in [0.1, 0.15) is 11.1 Å². The summed E-state index contributed by atoms with van der Waals surface area (Å²) in [6.07, 6.45) is 0. The smallest absolute Gasteiger partial charge is 0.314 e. The second-order valence-corrected chi connectivity index (χ2v) is 9.37. The van der Waals surface area contributed by atoms with Crippen LogP contribution in [0.25, 0.3) is 11.3 Å². The monoisotopic (exact) mass is 513 g/mol. The molecule has 36 heavy (non-hydrogen) atoms. The number of carbonyl (C=O) groups is 1. The third-order valence-corrected chi connectivity index (χ3v) is 6.93. The van der Waals surface area contributed by atoms with E-state index >= 15 is 0 Å². The van der Waals surface area contributed by atoms with Crippen molar-refractivity contribution in [3.8, 4) is 17.0 Å². The van der Waals surface area contributed by atoms with Crippen LogP contribution < -0.4 is 20.2 Å². The number of methoxy groups -OCH3 is 1. The number of aromatic nitrogens is 1. The summed E-state index contributed by atoms with van der Waals surface area (Å²) < 4.78 is 27.1. The molecule has 0 radical (unpaired) electrons. The molecule has 8 nitrogen and oxygen atoms in total. The largest absolute Gasteiger partial charge is 0.496 e. The molecule has 192 valence electrons. The van der Waals surface area contributed by atoms with Gasteiger partial charge in [0.1, 0.15) is 11.6 Å². The molecule has 2 N–H and O–H groups in total. The van der Waals surface area contributed by atoms with E-state index < -0.39 is 0 Å². The van der Waals surface area contributed by atoms with Crippen molar-refractivity contribution in [2.45, 2.75) is 20.0 Å². The maximum atomic E-state index is 13.8. The number of urea groups is 1. The minimum atomic E-state index is -0.259. The number of rotatable bonds is 8. The van der Waals surface area contributed by atoms with Crippen molar-refractivity contribution in [1.82, 2.24) is 20.1 Å². The number of aryl methyl sites for hydroxylation is 1. The average Bonchev–Trinajstić information content (AvgIpc) is 3.28. The molecular weight excluding hydrogens is 481 g/mol. The summed E-state index contributed by atoms with van der Waals surface area (Å²) in [6, 6.07) is 10.8. The standard InChI is InChI=1S/C26H32FN5O3S/c1-18-14-20(5-7-22(18)27)30-26-32(9-8-29-25(33)28-2)23(17-36-26)21-6-4-19(15-24(21)34-3)16-31-10-12-35-13-11-31/h4-7,14-15,17H,8-13,16H2,1-3H3,(H2,28,29,33)/b30-26-. The molecule has 2 heterocycles. The van der Waals surface area contributed by atoms with Crippen LogP contribution in [-0.2, 0) is 17.8 Å². The van der Waals surface area contributed by atoms with Crippen LogP contribution in [0.15, 0.2) is 46.8 Å². The second-order valence-electron chi connectivity index (χ2n) is 8.53. The number of amides is 2. The normalized spacial score (nSPS) is 14.6. The predicted molar refractivity (Wildman–Crippen MR) is 139 cm³/mol. The van der Waals surface area contributed by atoms with E-state index in [2.05, 4.69) is 38.3 Å². The number of thiazole rings is 1. The van der Waals surface area contributed by atoms with Crippen LogP contribution >= 0.6 is 11.3 Å². The molecule has 0 saturated carbocycles. The van der Waals surface area contributed by atoms with Crippen LogP contribution in [-0.4, -0.2) is 62.5 Å². The Balaban J connectivity index is 1.69. The van der Waals surface area contributed by atoms with Gasteiger partial charge in [0.2, 0.25) is 0 Å². The highest BCUT2D eigenvalue weighted by Gasteiger charge is 2.16. The number of hydrogen-bond acceptors (Lipinski definition) is 6. The molecule has 0 unspecified atom stereocenters. The number of nitrogens with zero attached hydrogens (tertiary/aromatic N) is 3. The van der Waals surface area contributed by atoms with E-state index in [1.54, 1.807) is 33.2 Å². The molecule has 2 aromatic carbocycles. The van der Waals surface area contributed by atoms with Gasteiger partial charge in [-0.2, -0.15) is 0 Å². The molecule has 1 aromatic heterocycles. The van der Waals surface area contributed by atoms with E-state index in [-0.39, 0.29) is 11.8 Å². The highest BCUT2D eigenvalue weighted by atomic mass is 32.1. The van der Waals surface area contributed by atoms with Crippen molar-refractivity contribution in [1.29, 1.82) is 0 Å². The first kappa shape index (κ1) is 25.9. The fourth-order valence-electron chi connectivity index (χ4n) is 4.09. The second kappa shape index (κ2) is 12.2. The fraction of sp³-hybridized carbons (Fsp3) is 0.385. The quantitative estimate of drug-likeness (QED) is 0.482. The van der Waals surface area contributed by atoms with E-state index in [1.807, 2.05) is 5.38 Å². The third kappa shape index (κ3) is 6.31. The van der Waals surface area contributed by atoms with Crippen LogP contribution in [0.3, 0.4) is 0 Å². The Morgan fingerprint density at radius 3 is 2.75 bits per heavy atom. The lowest BCUT2D eigenvalue weighted by molar-refractivity contribution is 0.0342. The Morgan fingerprint density at radius 2 is 2.03 bits per heavy atom. The van der Waals surface area contributed by atoms with Gasteiger partial charge in [0.25, 0.3) is 0 Å². The molecule has 0 aliphatic carbocycles. The van der Waals surface area contributed by atoms with Crippen LogP contribution in [0.4, 0.5) is 14.9 Å². The molecule has 0 spiro atoms. The molecule has 1 aliphatic rings. The van der Waals surface area contributed by atoms with E-state index in [0.717, 1.165) is 54.7 Å². The Labute approximate surface area is 214 Å². The summed E-state index contributed by atoms with van der Waals surface area (Å²) in [6.45, 7) is 6.83. The number of carbonyl (C=O) groups excluding carboxylic acids is 1. The lowest BCUT2D eigenvalue weighted by Crippen LogP contribution is -2.36. The van der Waals surface area contributed by atoms with Gasteiger partial charge in [-0.3, -0.25) is 4.90 Å². The maximum absolute atomic E-state index is 13.8. The van der Waals surface area contributed by atoms with E-state index in [1.165, 1.54) is 23.0 Å². The molecule has 4 rings (SSSR count). The fourth-order valence-corrected chi connectivity index (χ4v) is 5.04. The van der Waals surface area contributed by atoms with Gasteiger partial charge in [-0.25, -0.2) is 14.2 Å². The lowest BCUT2D eigenvalue weighted by atomic mass is 10.1. The zero-order chi connectivity index (χ0) is 25.5. The summed E-state index contributed by atoms with van der Waals surface area (Å²) in [5.41, 5.74) is 4.26. The number of halogens is 1. The zero-order valence-corrected chi connectivity index (χ0v) is 21.7. The SMILES string of the molecule is CNC(=O)NCCn1c(-c2ccc(CN3CCOCC3)cc2OC)cs/c1=N\c1ccc(F)c(C)c1. The van der Waals surface area contributed by atoms with Crippen molar-refractivity contribution in [3.05, 3.63) is 63.5 Å². The first-order valence-corrected chi connectivity index (χ1v) is 12.8. The van der Waals surface area contributed by atoms with Gasteiger partial charge in [0.15, 0.2) is 4.80 Å². The molecule has 1 saturated heterocycles. The zero-order valence-electron chi connectivity index (χ0n) is 20.8. The first-order chi connectivity index (χ1) is 17.5. The van der Waals surface area contributed by atoms with E-state index in [9.17, 15) is 9.18 Å². The van der Waals surface area contributed by atoms with Crippen molar-refractivity contribution in [2.24, 2.45) is 4.99 Å². The summed E-state index contributed by atoms with van der Waals surface area (Å²) in [4.78, 5) is 19.6. The van der Waals surface area contributed by atoms with Crippen molar-refractivity contribution in [2.75, 3.05) is 47.0 Å². The van der Waals surface area contributed by atoms with Gasteiger partial charge in [-0.05, 0) is 48.4 Å². The molecule has 1 aliphatic heterocycles. The molecule has 2 amide bonds. The molecule has 1 fully saturated rings. The third-order valence-electron chi connectivity index (χ3n) is 6.06. The van der Waals surface area contributed by atoms with E-state index in [4.69, 9.17) is 14.5 Å². The Hall–Kier alpha value is -3.21. The van der Waals surface area contributed by atoms with Crippen LogP contribution in [0.5, 0.6) is 5.75 Å². The van der Waals surface area contributed by atoms with Gasteiger partial charge in [-0.15, -0.1) is 11.3 Å². The number of nitrogens with one attached hydrogen (secondary N) is 2. The van der Waals surface area contributed by atoms with Crippen molar-refractivity contribution < 1.29 is 18.7 Å². The predicted octanol–water partition coefficient (Wildman–Crippen LogP) is 3.67. The minimum Gasteiger partial charge on any atom is -0.496 e. The summed E-state index contributed by atoms with van der Waals surface area (Å²) in [7, 11) is 3.26. The van der Waals surface area contributed by atoms with Crippen molar-refractivity contribution in [3.63, 3.8) is 0 Å². The average molecular weight is 514 g/mol. The highest BCUT2D eigenvalue weighted by molar-refractivity contribution is 7.07. The summed E-state index contributed by atoms with van der Waals surface area (Å²) in [5.74, 6) is 0.515. The Bertz CT molecular complexity index is 1270. The number of ether oxygens (including phenoxy) is 2. The molecule has 0 bridgehead atoms. The molecular formula is C26H32FN5O3S. The van der Waals surface area contributed by atoms with Crippen LogP contribution in [0, 0.1) is 12.7 Å². The van der Waals surface area contributed by atoms with Gasteiger partial charge in [0, 0.05) is 50.7 Å². The molecule has 0 atom stereocenters. The summed E-state index contributed by atoms with van der Waals surface area (Å²) in [5, 5.41) is 7.44. The van der Waals surface area contributed by atoms with Gasteiger partial charge >= 0.3 is 6.03 Å². The topological polar surface area (TPSA) is 80.1 Å². The van der Waals surface area contributed by atoms with Gasteiger partial charge < -0.3 is 24.7 Å². The maximum Gasteiger partial charge on any atom is 0.314 e. The lowest BCUT2D eigenvalue weighted by Gasteiger charge is -2.26. The number of benzene rings is 2. The van der Waals surface area contributed by atoms with Crippen molar-refractivity contribution >= 4 is 23.1 Å². The first-order valence-electron chi connectivity index (χ1n) is 11.9. The van der Waals surface area contributed by atoms with Gasteiger partial charge in [-0.1, -0.05) is 6.07 Å².